The molecular weight excluding hydrogens is 390 g/mol. The Labute approximate surface area is 170 Å². The van der Waals surface area contributed by atoms with Crippen LogP contribution in [0.5, 0.6) is 0 Å². The van der Waals surface area contributed by atoms with Crippen LogP contribution in [0.2, 0.25) is 0 Å². The van der Waals surface area contributed by atoms with Crippen LogP contribution in [0.1, 0.15) is 56.2 Å². The van der Waals surface area contributed by atoms with Crippen molar-refractivity contribution in [2.75, 3.05) is 0 Å². The SMILES string of the molecule is CC(C)c1ccc(C2C3CCCC3=NN2S(=O)(=O)c2ccc([N+](=O)[O-])cc2)cc1. The van der Waals surface area contributed by atoms with E-state index in [1.807, 2.05) is 24.3 Å². The Bertz CT molecular complexity index is 1060. The van der Waals surface area contributed by atoms with Gasteiger partial charge in [-0.25, -0.2) is 0 Å². The minimum absolute atomic E-state index is 0.0104. The van der Waals surface area contributed by atoms with E-state index >= 15 is 0 Å². The van der Waals surface area contributed by atoms with Crippen molar-refractivity contribution in [2.24, 2.45) is 11.0 Å². The summed E-state index contributed by atoms with van der Waals surface area (Å²) in [4.78, 5) is 10.4. The van der Waals surface area contributed by atoms with Gasteiger partial charge in [-0.05, 0) is 48.4 Å². The Balaban J connectivity index is 1.73. The predicted octanol–water partition coefficient (Wildman–Crippen LogP) is 4.62. The zero-order valence-corrected chi connectivity index (χ0v) is 17.2. The second-order valence-corrected chi connectivity index (χ2v) is 9.68. The molecule has 2 unspecified atom stereocenters. The molecule has 0 N–H and O–H groups in total. The Kier molecular flexibility index (Phi) is 4.90. The molecule has 7 nitrogen and oxygen atoms in total. The molecule has 1 aliphatic heterocycles. The zero-order chi connectivity index (χ0) is 20.8. The third-order valence-electron chi connectivity index (χ3n) is 5.76. The summed E-state index contributed by atoms with van der Waals surface area (Å²) in [5.74, 6) is 0.471. The van der Waals surface area contributed by atoms with Crippen molar-refractivity contribution in [1.29, 1.82) is 0 Å². The first-order valence-electron chi connectivity index (χ1n) is 9.75. The quantitative estimate of drug-likeness (QED) is 0.528. The van der Waals surface area contributed by atoms with Crippen molar-refractivity contribution in [3.63, 3.8) is 0 Å². The van der Waals surface area contributed by atoms with Gasteiger partial charge in [-0.3, -0.25) is 10.1 Å². The first kappa shape index (κ1) is 19.6. The van der Waals surface area contributed by atoms with Gasteiger partial charge in [0, 0.05) is 23.8 Å². The van der Waals surface area contributed by atoms with Crippen LogP contribution in [0.25, 0.3) is 0 Å². The van der Waals surface area contributed by atoms with Crippen LogP contribution >= 0.6 is 0 Å². The third-order valence-corrected chi connectivity index (χ3v) is 7.43. The molecule has 2 aliphatic rings. The van der Waals surface area contributed by atoms with Crippen molar-refractivity contribution in [3.8, 4) is 0 Å². The highest BCUT2D eigenvalue weighted by atomic mass is 32.2. The van der Waals surface area contributed by atoms with Gasteiger partial charge in [-0.1, -0.05) is 38.1 Å². The lowest BCUT2D eigenvalue weighted by Gasteiger charge is -2.27. The molecule has 29 heavy (non-hydrogen) atoms. The number of nitrogens with zero attached hydrogens (tertiary/aromatic N) is 3. The average molecular weight is 413 g/mol. The second-order valence-electron chi connectivity index (χ2n) is 7.88. The van der Waals surface area contributed by atoms with Gasteiger partial charge in [0.2, 0.25) is 0 Å². The minimum Gasteiger partial charge on any atom is -0.258 e. The standard InChI is InChI=1S/C21H23N3O4S/c1-14(2)15-6-8-16(9-7-15)21-19-4-3-5-20(19)22-23(21)29(27,28)18-12-10-17(11-13-18)24(25)26/h6-14,19,21H,3-5H2,1-2H3. The summed E-state index contributed by atoms with van der Waals surface area (Å²) in [6, 6.07) is 12.7. The van der Waals surface area contributed by atoms with Crippen molar-refractivity contribution in [1.82, 2.24) is 4.41 Å². The Hall–Kier alpha value is -2.74. The third kappa shape index (κ3) is 3.42. The number of rotatable bonds is 5. The first-order chi connectivity index (χ1) is 13.8. The largest absolute Gasteiger partial charge is 0.279 e. The highest BCUT2D eigenvalue weighted by Gasteiger charge is 2.46. The maximum absolute atomic E-state index is 13.4. The lowest BCUT2D eigenvalue weighted by atomic mass is 9.91. The van der Waals surface area contributed by atoms with E-state index in [0.29, 0.717) is 5.92 Å². The lowest BCUT2D eigenvalue weighted by Crippen LogP contribution is -2.30. The molecule has 0 radical (unpaired) electrons. The normalized spacial score (nSPS) is 21.3. The fraction of sp³-hybridized carbons (Fsp3) is 0.381. The van der Waals surface area contributed by atoms with E-state index in [1.54, 1.807) is 0 Å². The van der Waals surface area contributed by atoms with Crippen molar-refractivity contribution >= 4 is 21.4 Å². The van der Waals surface area contributed by atoms with Gasteiger partial charge in [0.1, 0.15) is 0 Å². The molecular formula is C21H23N3O4S. The van der Waals surface area contributed by atoms with E-state index in [-0.39, 0.29) is 22.5 Å². The Morgan fingerprint density at radius 1 is 1.10 bits per heavy atom. The van der Waals surface area contributed by atoms with E-state index < -0.39 is 14.9 Å². The van der Waals surface area contributed by atoms with Crippen LogP contribution in [0.3, 0.4) is 0 Å². The summed E-state index contributed by atoms with van der Waals surface area (Å²) >= 11 is 0. The lowest BCUT2D eigenvalue weighted by molar-refractivity contribution is -0.384. The molecule has 1 heterocycles. The van der Waals surface area contributed by atoms with Crippen LogP contribution in [0.15, 0.2) is 58.5 Å². The van der Waals surface area contributed by atoms with E-state index in [9.17, 15) is 18.5 Å². The van der Waals surface area contributed by atoms with Gasteiger partial charge in [-0.2, -0.15) is 17.9 Å². The van der Waals surface area contributed by atoms with Crippen LogP contribution in [0.4, 0.5) is 5.69 Å². The van der Waals surface area contributed by atoms with Gasteiger partial charge >= 0.3 is 0 Å². The Morgan fingerprint density at radius 2 is 1.76 bits per heavy atom. The molecule has 1 fully saturated rings. The van der Waals surface area contributed by atoms with Crippen molar-refractivity contribution < 1.29 is 13.3 Å². The first-order valence-corrected chi connectivity index (χ1v) is 11.2. The highest BCUT2D eigenvalue weighted by Crippen LogP contribution is 2.46. The summed E-state index contributed by atoms with van der Waals surface area (Å²) in [5, 5.41) is 15.4. The number of nitro benzene ring substituents is 1. The van der Waals surface area contributed by atoms with Crippen LogP contribution in [-0.2, 0) is 10.0 Å². The molecule has 1 saturated carbocycles. The fourth-order valence-corrected chi connectivity index (χ4v) is 5.63. The number of sulfonamides is 1. The summed E-state index contributed by atoms with van der Waals surface area (Å²) in [6.07, 6.45) is 2.72. The number of nitro groups is 1. The minimum atomic E-state index is -3.92. The number of non-ortho nitro benzene ring substituents is 1. The maximum Gasteiger partial charge on any atom is 0.279 e. The van der Waals surface area contributed by atoms with E-state index in [1.165, 1.54) is 34.2 Å². The number of hydrogen-bond acceptors (Lipinski definition) is 5. The summed E-state index contributed by atoms with van der Waals surface area (Å²) in [7, 11) is -3.92. The fourth-order valence-electron chi connectivity index (χ4n) is 4.15. The highest BCUT2D eigenvalue weighted by molar-refractivity contribution is 7.89. The van der Waals surface area contributed by atoms with Gasteiger partial charge in [-0.15, -0.1) is 0 Å². The van der Waals surface area contributed by atoms with Gasteiger partial charge in [0.25, 0.3) is 15.7 Å². The summed E-state index contributed by atoms with van der Waals surface area (Å²) in [5.41, 5.74) is 2.90. The van der Waals surface area contributed by atoms with Gasteiger partial charge in [0.15, 0.2) is 0 Å². The topological polar surface area (TPSA) is 92.9 Å². The number of hydrazone groups is 1. The average Bonchev–Trinajstić information content (AvgIpc) is 3.29. The molecule has 152 valence electrons. The monoisotopic (exact) mass is 413 g/mol. The molecule has 2 aromatic carbocycles. The molecule has 8 heteroatoms. The van der Waals surface area contributed by atoms with Gasteiger partial charge < -0.3 is 0 Å². The number of fused-ring (bicyclic) bond motifs is 1. The van der Waals surface area contributed by atoms with Gasteiger partial charge in [0.05, 0.1) is 15.9 Å². The molecule has 2 aromatic rings. The molecule has 0 bridgehead atoms. The van der Waals surface area contributed by atoms with Crippen molar-refractivity contribution in [3.05, 3.63) is 69.8 Å². The van der Waals surface area contributed by atoms with Crippen LogP contribution in [-0.4, -0.2) is 23.5 Å². The Morgan fingerprint density at radius 3 is 2.34 bits per heavy atom. The molecule has 0 aromatic heterocycles. The van der Waals surface area contributed by atoms with E-state index in [4.69, 9.17) is 0 Å². The molecule has 1 aliphatic carbocycles. The van der Waals surface area contributed by atoms with Crippen LogP contribution < -0.4 is 0 Å². The number of benzene rings is 2. The van der Waals surface area contributed by atoms with E-state index in [0.717, 1.165) is 30.5 Å². The predicted molar refractivity (Wildman–Crippen MR) is 110 cm³/mol. The second kappa shape index (κ2) is 7.26. The number of hydrogen-bond donors (Lipinski definition) is 0. The van der Waals surface area contributed by atoms with Crippen LogP contribution in [0, 0.1) is 16.0 Å². The van der Waals surface area contributed by atoms with Crippen molar-refractivity contribution in [2.45, 2.75) is 50.0 Å². The molecule has 2 atom stereocenters. The molecule has 0 saturated heterocycles. The zero-order valence-electron chi connectivity index (χ0n) is 16.4. The molecule has 0 amide bonds. The summed E-state index contributed by atoms with van der Waals surface area (Å²) < 4.78 is 27.9. The van der Waals surface area contributed by atoms with E-state index in [2.05, 4.69) is 18.9 Å². The molecule has 0 spiro atoms. The summed E-state index contributed by atoms with van der Waals surface area (Å²) in [6.45, 7) is 4.24. The maximum atomic E-state index is 13.4. The molecule has 4 rings (SSSR count). The smallest absolute Gasteiger partial charge is 0.258 e.